The molecule has 0 saturated heterocycles. The van der Waals surface area contributed by atoms with Crippen molar-refractivity contribution in [3.05, 3.63) is 0 Å². The number of azo groups is 1. The van der Waals surface area contributed by atoms with Gasteiger partial charge in [-0.1, -0.05) is 39.5 Å². The topological polar surface area (TPSA) is 24.7 Å². The highest BCUT2D eigenvalue weighted by Crippen LogP contribution is 2.23. The summed E-state index contributed by atoms with van der Waals surface area (Å²) in [5.41, 5.74) is 0.0268. The van der Waals surface area contributed by atoms with E-state index in [1.165, 1.54) is 25.7 Å². The third-order valence-corrected chi connectivity index (χ3v) is 2.88. The monoisotopic (exact) mass is 226 g/mol. The Balaban J connectivity index is 4.21. The van der Waals surface area contributed by atoms with E-state index in [1.807, 2.05) is 0 Å². The molecule has 0 aromatic rings. The predicted octanol–water partition coefficient (Wildman–Crippen LogP) is 5.38. The zero-order valence-electron chi connectivity index (χ0n) is 12.1. The molecule has 0 rings (SSSR count). The molecule has 0 fully saturated rings. The smallest absolute Gasteiger partial charge is 0.0760 e. The van der Waals surface area contributed by atoms with Gasteiger partial charge in [-0.25, -0.2) is 0 Å². The standard InChI is InChI=1S/C14H30N2/c1-7-9-11-13(3,4)15-16-14(5,6)12-10-8-2/h7-12H2,1-6H3/b16-15+. The Kier molecular flexibility index (Phi) is 6.85. The average Bonchev–Trinajstić information content (AvgIpc) is 2.22. The summed E-state index contributed by atoms with van der Waals surface area (Å²) >= 11 is 0. The van der Waals surface area contributed by atoms with Crippen LogP contribution in [0, 0.1) is 0 Å². The van der Waals surface area contributed by atoms with Gasteiger partial charge in [0.1, 0.15) is 0 Å². The van der Waals surface area contributed by atoms with Crippen LogP contribution in [0.4, 0.5) is 0 Å². The van der Waals surface area contributed by atoms with Crippen LogP contribution in [0.25, 0.3) is 0 Å². The Morgan fingerprint density at radius 1 is 0.688 bits per heavy atom. The molecule has 0 aliphatic carbocycles. The minimum absolute atomic E-state index is 0.0134. The number of hydrogen-bond acceptors (Lipinski definition) is 2. The van der Waals surface area contributed by atoms with E-state index in [0.29, 0.717) is 0 Å². The van der Waals surface area contributed by atoms with Crippen molar-refractivity contribution in [2.75, 3.05) is 0 Å². The fraction of sp³-hybridized carbons (Fsp3) is 1.00. The lowest BCUT2D eigenvalue weighted by atomic mass is 9.97. The number of unbranched alkanes of at least 4 members (excludes halogenated alkanes) is 2. The number of rotatable bonds is 8. The van der Waals surface area contributed by atoms with Crippen LogP contribution in [0.1, 0.15) is 80.1 Å². The summed E-state index contributed by atoms with van der Waals surface area (Å²) < 4.78 is 0. The second-order valence-corrected chi connectivity index (χ2v) is 6.03. The molecule has 0 aromatic heterocycles. The molecule has 0 heterocycles. The van der Waals surface area contributed by atoms with Crippen molar-refractivity contribution in [2.24, 2.45) is 10.2 Å². The van der Waals surface area contributed by atoms with Crippen molar-refractivity contribution in [3.63, 3.8) is 0 Å². The summed E-state index contributed by atoms with van der Waals surface area (Å²) in [6, 6.07) is 0. The van der Waals surface area contributed by atoms with Gasteiger partial charge < -0.3 is 0 Å². The highest BCUT2D eigenvalue weighted by molar-refractivity contribution is 4.80. The van der Waals surface area contributed by atoms with Crippen molar-refractivity contribution < 1.29 is 0 Å². The molecule has 0 saturated carbocycles. The van der Waals surface area contributed by atoms with Crippen molar-refractivity contribution >= 4 is 0 Å². The van der Waals surface area contributed by atoms with E-state index < -0.39 is 0 Å². The Labute approximate surface area is 102 Å². The van der Waals surface area contributed by atoms with Crippen LogP contribution in [-0.2, 0) is 0 Å². The minimum atomic E-state index is 0.0134. The van der Waals surface area contributed by atoms with Crippen LogP contribution >= 0.6 is 0 Å². The predicted molar refractivity (Wildman–Crippen MR) is 72.1 cm³/mol. The maximum absolute atomic E-state index is 4.54. The lowest BCUT2D eigenvalue weighted by molar-refractivity contribution is 0.374. The molecule has 0 radical (unpaired) electrons. The third kappa shape index (κ3) is 7.84. The zero-order chi connectivity index (χ0) is 12.7. The molecule has 0 aliphatic heterocycles. The quantitative estimate of drug-likeness (QED) is 0.497. The largest absolute Gasteiger partial charge is 0.187 e. The van der Waals surface area contributed by atoms with E-state index in [4.69, 9.17) is 0 Å². The first kappa shape index (κ1) is 15.6. The van der Waals surface area contributed by atoms with E-state index in [0.717, 1.165) is 12.8 Å². The van der Waals surface area contributed by atoms with Crippen LogP contribution < -0.4 is 0 Å². The van der Waals surface area contributed by atoms with Gasteiger partial charge >= 0.3 is 0 Å². The van der Waals surface area contributed by atoms with E-state index in [-0.39, 0.29) is 11.1 Å². The second-order valence-electron chi connectivity index (χ2n) is 6.03. The Hall–Kier alpha value is -0.400. The van der Waals surface area contributed by atoms with Crippen LogP contribution in [0.2, 0.25) is 0 Å². The molecule has 0 unspecified atom stereocenters. The normalized spacial score (nSPS) is 13.6. The van der Waals surface area contributed by atoms with Crippen molar-refractivity contribution in [1.82, 2.24) is 0 Å². The van der Waals surface area contributed by atoms with Crippen LogP contribution in [0.15, 0.2) is 10.2 Å². The lowest BCUT2D eigenvalue weighted by Crippen LogP contribution is -2.20. The average molecular weight is 226 g/mol. The van der Waals surface area contributed by atoms with Gasteiger partial charge in [-0.3, -0.25) is 0 Å². The maximum Gasteiger partial charge on any atom is 0.0760 e. The summed E-state index contributed by atoms with van der Waals surface area (Å²) in [7, 11) is 0. The van der Waals surface area contributed by atoms with Crippen LogP contribution in [-0.4, -0.2) is 11.1 Å². The summed E-state index contributed by atoms with van der Waals surface area (Å²) in [6.45, 7) is 13.2. The molecule has 0 spiro atoms. The molecular weight excluding hydrogens is 196 g/mol. The van der Waals surface area contributed by atoms with Gasteiger partial charge in [0.15, 0.2) is 0 Å². The molecule has 96 valence electrons. The molecule has 0 atom stereocenters. The first-order chi connectivity index (χ1) is 7.33. The van der Waals surface area contributed by atoms with E-state index in [2.05, 4.69) is 51.8 Å². The highest BCUT2D eigenvalue weighted by atomic mass is 15.2. The fourth-order valence-corrected chi connectivity index (χ4v) is 1.59. The third-order valence-electron chi connectivity index (χ3n) is 2.88. The second kappa shape index (κ2) is 7.03. The number of nitrogens with zero attached hydrogens (tertiary/aromatic N) is 2. The molecule has 0 aromatic carbocycles. The molecule has 16 heavy (non-hydrogen) atoms. The van der Waals surface area contributed by atoms with E-state index >= 15 is 0 Å². The number of hydrogen-bond donors (Lipinski definition) is 0. The molecule has 2 heteroatoms. The molecule has 0 aliphatic rings. The maximum atomic E-state index is 4.54. The molecule has 0 bridgehead atoms. The van der Waals surface area contributed by atoms with Crippen LogP contribution in [0.3, 0.4) is 0 Å². The first-order valence-electron chi connectivity index (χ1n) is 6.77. The Bertz CT molecular complexity index is 183. The lowest BCUT2D eigenvalue weighted by Gasteiger charge is -2.22. The van der Waals surface area contributed by atoms with E-state index in [1.54, 1.807) is 0 Å². The van der Waals surface area contributed by atoms with Gasteiger partial charge in [-0.2, -0.15) is 10.2 Å². The summed E-state index contributed by atoms with van der Waals surface area (Å²) in [4.78, 5) is 0. The zero-order valence-corrected chi connectivity index (χ0v) is 12.1. The van der Waals surface area contributed by atoms with Crippen molar-refractivity contribution in [2.45, 2.75) is 91.1 Å². The van der Waals surface area contributed by atoms with E-state index in [9.17, 15) is 0 Å². The molecular formula is C14H30N2. The SMILES string of the molecule is CCCCC(C)(C)/N=N/C(C)(C)CCCC. The van der Waals surface area contributed by atoms with Crippen LogP contribution in [0.5, 0.6) is 0 Å². The summed E-state index contributed by atoms with van der Waals surface area (Å²) in [5, 5.41) is 9.09. The highest BCUT2D eigenvalue weighted by Gasteiger charge is 2.20. The molecule has 2 nitrogen and oxygen atoms in total. The van der Waals surface area contributed by atoms with Crippen molar-refractivity contribution in [1.29, 1.82) is 0 Å². The van der Waals surface area contributed by atoms with Gasteiger partial charge in [-0.05, 0) is 40.5 Å². The van der Waals surface area contributed by atoms with Gasteiger partial charge in [-0.15, -0.1) is 0 Å². The Morgan fingerprint density at radius 2 is 1.00 bits per heavy atom. The molecule has 0 amide bonds. The molecule has 0 N–H and O–H groups in total. The van der Waals surface area contributed by atoms with Gasteiger partial charge in [0.05, 0.1) is 11.1 Å². The summed E-state index contributed by atoms with van der Waals surface area (Å²) in [6.07, 6.45) is 7.22. The summed E-state index contributed by atoms with van der Waals surface area (Å²) in [5.74, 6) is 0. The minimum Gasteiger partial charge on any atom is -0.187 e. The fourth-order valence-electron chi connectivity index (χ4n) is 1.59. The Morgan fingerprint density at radius 3 is 1.25 bits per heavy atom. The van der Waals surface area contributed by atoms with Gasteiger partial charge in [0, 0.05) is 0 Å². The van der Waals surface area contributed by atoms with Gasteiger partial charge in [0.2, 0.25) is 0 Å². The van der Waals surface area contributed by atoms with Crippen molar-refractivity contribution in [3.8, 4) is 0 Å². The van der Waals surface area contributed by atoms with Gasteiger partial charge in [0.25, 0.3) is 0 Å². The first-order valence-corrected chi connectivity index (χ1v) is 6.77.